The Morgan fingerprint density at radius 1 is 1.33 bits per heavy atom. The third-order valence-corrected chi connectivity index (χ3v) is 2.65. The van der Waals surface area contributed by atoms with E-state index in [1.165, 1.54) is 5.56 Å². The van der Waals surface area contributed by atoms with Gasteiger partial charge in [-0.25, -0.2) is 0 Å². The van der Waals surface area contributed by atoms with Gasteiger partial charge in [0.05, 0.1) is 0 Å². The molecule has 1 heterocycles. The standard InChI is InChI=1S/C11H14O/c1-3-10-8(2)9-6-4-5-7-11(9)12-10/h4-8,10H,3H2,1-2H3/t8-,10-/m1/s1. The molecule has 0 amide bonds. The van der Waals surface area contributed by atoms with Crippen LogP contribution >= 0.6 is 0 Å². The summed E-state index contributed by atoms with van der Waals surface area (Å²) in [6, 6.07) is 8.33. The van der Waals surface area contributed by atoms with Crippen molar-refractivity contribution in [3.63, 3.8) is 0 Å². The Bertz CT molecular complexity index is 280. The van der Waals surface area contributed by atoms with Crippen LogP contribution < -0.4 is 4.74 Å². The van der Waals surface area contributed by atoms with Gasteiger partial charge in [0.2, 0.25) is 0 Å². The second-order valence-electron chi connectivity index (χ2n) is 3.39. The van der Waals surface area contributed by atoms with Crippen molar-refractivity contribution < 1.29 is 4.74 Å². The summed E-state index contributed by atoms with van der Waals surface area (Å²) in [6.45, 7) is 4.41. The maximum Gasteiger partial charge on any atom is 0.123 e. The lowest BCUT2D eigenvalue weighted by Crippen LogP contribution is -2.14. The van der Waals surface area contributed by atoms with Gasteiger partial charge in [0.15, 0.2) is 0 Å². The molecule has 0 spiro atoms. The predicted octanol–water partition coefficient (Wildman–Crippen LogP) is 2.96. The van der Waals surface area contributed by atoms with E-state index < -0.39 is 0 Å². The lowest BCUT2D eigenvalue weighted by Gasteiger charge is -2.11. The van der Waals surface area contributed by atoms with Gasteiger partial charge in [-0.3, -0.25) is 0 Å². The second kappa shape index (κ2) is 2.81. The number of ether oxygens (including phenoxy) is 1. The molecule has 0 saturated heterocycles. The van der Waals surface area contributed by atoms with Gasteiger partial charge < -0.3 is 4.74 Å². The first-order valence-electron chi connectivity index (χ1n) is 4.58. The minimum Gasteiger partial charge on any atom is -0.490 e. The quantitative estimate of drug-likeness (QED) is 0.617. The second-order valence-corrected chi connectivity index (χ2v) is 3.39. The highest BCUT2D eigenvalue weighted by Crippen LogP contribution is 2.38. The summed E-state index contributed by atoms with van der Waals surface area (Å²) in [6.07, 6.45) is 1.48. The zero-order valence-corrected chi connectivity index (χ0v) is 7.58. The summed E-state index contributed by atoms with van der Waals surface area (Å²) >= 11 is 0. The topological polar surface area (TPSA) is 9.23 Å². The molecule has 0 saturated carbocycles. The molecular weight excluding hydrogens is 148 g/mol. The molecule has 2 atom stereocenters. The van der Waals surface area contributed by atoms with Crippen LogP contribution in [-0.2, 0) is 0 Å². The number of hydrogen-bond acceptors (Lipinski definition) is 1. The Kier molecular flexibility index (Phi) is 1.80. The van der Waals surface area contributed by atoms with E-state index in [0.717, 1.165) is 12.2 Å². The van der Waals surface area contributed by atoms with E-state index in [1.807, 2.05) is 6.07 Å². The van der Waals surface area contributed by atoms with Crippen molar-refractivity contribution in [1.29, 1.82) is 0 Å². The van der Waals surface area contributed by atoms with Crippen LogP contribution in [0.5, 0.6) is 5.75 Å². The van der Waals surface area contributed by atoms with E-state index >= 15 is 0 Å². The van der Waals surface area contributed by atoms with E-state index in [2.05, 4.69) is 32.0 Å². The van der Waals surface area contributed by atoms with Gasteiger partial charge in [-0.15, -0.1) is 0 Å². The van der Waals surface area contributed by atoms with Gasteiger partial charge in [0, 0.05) is 11.5 Å². The fourth-order valence-corrected chi connectivity index (χ4v) is 1.87. The highest BCUT2D eigenvalue weighted by atomic mass is 16.5. The van der Waals surface area contributed by atoms with Crippen LogP contribution in [0.2, 0.25) is 0 Å². The molecule has 1 aliphatic rings. The Hall–Kier alpha value is -0.980. The highest BCUT2D eigenvalue weighted by molar-refractivity contribution is 5.40. The van der Waals surface area contributed by atoms with E-state index in [9.17, 15) is 0 Å². The monoisotopic (exact) mass is 162 g/mol. The van der Waals surface area contributed by atoms with Crippen LogP contribution in [0.15, 0.2) is 24.3 Å². The van der Waals surface area contributed by atoms with Crippen LogP contribution in [0.3, 0.4) is 0 Å². The molecule has 1 heteroatoms. The molecule has 0 aliphatic carbocycles. The first-order chi connectivity index (χ1) is 5.83. The third-order valence-electron chi connectivity index (χ3n) is 2.65. The molecule has 1 aromatic carbocycles. The summed E-state index contributed by atoms with van der Waals surface area (Å²) in [5.74, 6) is 1.64. The maximum absolute atomic E-state index is 5.77. The average Bonchev–Trinajstić information content (AvgIpc) is 2.44. The van der Waals surface area contributed by atoms with Gasteiger partial charge in [0.25, 0.3) is 0 Å². The highest BCUT2D eigenvalue weighted by Gasteiger charge is 2.28. The molecule has 1 nitrogen and oxygen atoms in total. The number of hydrogen-bond donors (Lipinski definition) is 0. The minimum absolute atomic E-state index is 0.391. The molecule has 0 aromatic heterocycles. The summed E-state index contributed by atoms with van der Waals surface area (Å²) in [4.78, 5) is 0. The smallest absolute Gasteiger partial charge is 0.123 e. The Balaban J connectivity index is 2.35. The van der Waals surface area contributed by atoms with Gasteiger partial charge in [-0.05, 0) is 12.5 Å². The summed E-state index contributed by atoms with van der Waals surface area (Å²) in [7, 11) is 0. The Labute approximate surface area is 73.4 Å². The SMILES string of the molecule is CC[C@H]1Oc2ccccc2[C@H]1C. The molecule has 1 aliphatic heterocycles. The van der Waals surface area contributed by atoms with Crippen LogP contribution in [-0.4, -0.2) is 6.10 Å². The molecule has 1 aromatic rings. The third kappa shape index (κ3) is 1.01. The van der Waals surface area contributed by atoms with Crippen molar-refractivity contribution >= 4 is 0 Å². The Morgan fingerprint density at radius 3 is 2.75 bits per heavy atom. The zero-order chi connectivity index (χ0) is 8.55. The van der Waals surface area contributed by atoms with Crippen molar-refractivity contribution in [2.24, 2.45) is 0 Å². The summed E-state index contributed by atoms with van der Waals surface area (Å²) in [5.41, 5.74) is 1.37. The molecule has 0 unspecified atom stereocenters. The molecule has 0 bridgehead atoms. The van der Waals surface area contributed by atoms with Crippen LogP contribution in [0, 0.1) is 0 Å². The molecule has 0 radical (unpaired) electrons. The molecule has 0 fully saturated rings. The van der Waals surface area contributed by atoms with Crippen molar-refractivity contribution in [3.8, 4) is 5.75 Å². The molecule has 64 valence electrons. The molecule has 2 rings (SSSR count). The van der Waals surface area contributed by atoms with Gasteiger partial charge in [0.1, 0.15) is 11.9 Å². The largest absolute Gasteiger partial charge is 0.490 e. The lowest BCUT2D eigenvalue weighted by atomic mass is 9.96. The van der Waals surface area contributed by atoms with Gasteiger partial charge in [-0.2, -0.15) is 0 Å². The number of para-hydroxylation sites is 1. The minimum atomic E-state index is 0.391. The number of benzene rings is 1. The van der Waals surface area contributed by atoms with E-state index in [0.29, 0.717) is 12.0 Å². The molecular formula is C11H14O. The summed E-state index contributed by atoms with van der Waals surface area (Å²) < 4.78 is 5.77. The average molecular weight is 162 g/mol. The van der Waals surface area contributed by atoms with Crippen molar-refractivity contribution in [3.05, 3.63) is 29.8 Å². The van der Waals surface area contributed by atoms with Crippen LogP contribution in [0.4, 0.5) is 0 Å². The lowest BCUT2D eigenvalue weighted by molar-refractivity contribution is 0.206. The van der Waals surface area contributed by atoms with Crippen LogP contribution in [0.1, 0.15) is 31.7 Å². The first kappa shape index (κ1) is 7.66. The van der Waals surface area contributed by atoms with Crippen molar-refractivity contribution in [2.45, 2.75) is 32.3 Å². The molecule has 12 heavy (non-hydrogen) atoms. The Morgan fingerprint density at radius 2 is 2.08 bits per heavy atom. The van der Waals surface area contributed by atoms with E-state index in [4.69, 9.17) is 4.74 Å². The normalized spacial score (nSPS) is 26.5. The van der Waals surface area contributed by atoms with Gasteiger partial charge in [-0.1, -0.05) is 32.0 Å². The summed E-state index contributed by atoms with van der Waals surface area (Å²) in [5, 5.41) is 0. The first-order valence-corrected chi connectivity index (χ1v) is 4.58. The fourth-order valence-electron chi connectivity index (χ4n) is 1.87. The van der Waals surface area contributed by atoms with Crippen molar-refractivity contribution in [2.75, 3.05) is 0 Å². The van der Waals surface area contributed by atoms with Crippen molar-refractivity contribution in [1.82, 2.24) is 0 Å². The zero-order valence-electron chi connectivity index (χ0n) is 7.58. The fraction of sp³-hybridized carbons (Fsp3) is 0.455. The van der Waals surface area contributed by atoms with Crippen LogP contribution in [0.25, 0.3) is 0 Å². The van der Waals surface area contributed by atoms with Gasteiger partial charge >= 0.3 is 0 Å². The number of fused-ring (bicyclic) bond motifs is 1. The van der Waals surface area contributed by atoms with E-state index in [-0.39, 0.29) is 0 Å². The predicted molar refractivity (Wildman–Crippen MR) is 49.6 cm³/mol. The molecule has 0 N–H and O–H groups in total. The number of rotatable bonds is 1. The van der Waals surface area contributed by atoms with E-state index in [1.54, 1.807) is 0 Å². The maximum atomic E-state index is 5.77.